The zero-order chi connectivity index (χ0) is 9.97. The third kappa shape index (κ3) is 1.83. The normalized spacial score (nSPS) is 13.0. The van der Waals surface area contributed by atoms with Crippen LogP contribution in [0, 0.1) is 6.92 Å². The predicted molar refractivity (Wildman–Crippen MR) is 58.1 cm³/mol. The van der Waals surface area contributed by atoms with Gasteiger partial charge in [0.15, 0.2) is 0 Å². The molecule has 0 saturated carbocycles. The van der Waals surface area contributed by atoms with Crippen LogP contribution in [0.15, 0.2) is 17.1 Å². The van der Waals surface area contributed by atoms with Crippen molar-refractivity contribution in [2.75, 3.05) is 0 Å². The van der Waals surface area contributed by atoms with Gasteiger partial charge in [0.2, 0.25) is 0 Å². The van der Waals surface area contributed by atoms with Gasteiger partial charge < -0.3 is 0 Å². The van der Waals surface area contributed by atoms with Crippen molar-refractivity contribution < 1.29 is 0 Å². The summed E-state index contributed by atoms with van der Waals surface area (Å²) < 4.78 is 0. The molecule has 14 heavy (non-hydrogen) atoms. The van der Waals surface area contributed by atoms with Gasteiger partial charge in [-0.3, -0.25) is 10.8 Å². The minimum atomic E-state index is -0.0348. The number of nitrogens with two attached hydrogens (primary N) is 1. The monoisotopic (exact) mass is 226 g/mol. The first-order valence-electron chi connectivity index (χ1n) is 4.08. The van der Waals surface area contributed by atoms with Gasteiger partial charge in [-0.05, 0) is 6.92 Å². The Bertz CT molecular complexity index is 395. The van der Waals surface area contributed by atoms with Gasteiger partial charge >= 0.3 is 0 Å². The highest BCUT2D eigenvalue weighted by molar-refractivity contribution is 7.10. The quantitative estimate of drug-likeness (QED) is 0.614. The predicted octanol–water partition coefficient (Wildman–Crippen LogP) is 1.46. The standard InChI is InChI=1S/C8H10N4S2/c1-5-11-6(3-13-5)8(12-9)7-2-10-4-14-7/h2-4,8,12H,9H2,1H3. The molecule has 4 nitrogen and oxygen atoms in total. The van der Waals surface area contributed by atoms with Crippen LogP contribution < -0.4 is 11.3 Å². The first-order chi connectivity index (χ1) is 6.81. The van der Waals surface area contributed by atoms with Crippen LogP contribution in [0.1, 0.15) is 21.6 Å². The van der Waals surface area contributed by atoms with E-state index < -0.39 is 0 Å². The smallest absolute Gasteiger partial charge is 0.0997 e. The summed E-state index contributed by atoms with van der Waals surface area (Å²) in [6, 6.07) is -0.0348. The van der Waals surface area contributed by atoms with Crippen molar-refractivity contribution in [2.45, 2.75) is 13.0 Å². The highest BCUT2D eigenvalue weighted by atomic mass is 32.1. The summed E-state index contributed by atoms with van der Waals surface area (Å²) in [6.07, 6.45) is 1.81. The molecule has 0 bridgehead atoms. The Labute approximate surface area is 89.8 Å². The molecule has 1 unspecified atom stereocenters. The number of nitrogens with one attached hydrogen (secondary N) is 1. The average molecular weight is 226 g/mol. The summed E-state index contributed by atoms with van der Waals surface area (Å²) in [5, 5.41) is 3.06. The van der Waals surface area contributed by atoms with E-state index in [9.17, 15) is 0 Å². The highest BCUT2D eigenvalue weighted by Crippen LogP contribution is 2.24. The van der Waals surface area contributed by atoms with Crippen LogP contribution in [0.25, 0.3) is 0 Å². The Morgan fingerprint density at radius 1 is 1.50 bits per heavy atom. The lowest BCUT2D eigenvalue weighted by molar-refractivity contribution is 0.631. The molecule has 0 aliphatic heterocycles. The van der Waals surface area contributed by atoms with Gasteiger partial charge in [0, 0.05) is 16.5 Å². The number of thiazole rings is 2. The third-order valence-corrected chi connectivity index (χ3v) is 3.47. The largest absolute Gasteiger partial charge is 0.270 e. The fraction of sp³-hybridized carbons (Fsp3) is 0.250. The number of hydrogen-bond donors (Lipinski definition) is 2. The van der Waals surface area contributed by atoms with Crippen LogP contribution in [0.4, 0.5) is 0 Å². The molecule has 0 saturated heterocycles. The molecule has 2 rings (SSSR count). The fourth-order valence-electron chi connectivity index (χ4n) is 1.19. The van der Waals surface area contributed by atoms with Crippen LogP contribution in [-0.4, -0.2) is 9.97 Å². The molecule has 0 aliphatic carbocycles. The molecule has 2 heterocycles. The molecule has 74 valence electrons. The van der Waals surface area contributed by atoms with Gasteiger partial charge in [0.05, 0.1) is 22.3 Å². The lowest BCUT2D eigenvalue weighted by atomic mass is 10.2. The van der Waals surface area contributed by atoms with Crippen molar-refractivity contribution >= 4 is 22.7 Å². The van der Waals surface area contributed by atoms with Crippen molar-refractivity contribution in [2.24, 2.45) is 5.84 Å². The van der Waals surface area contributed by atoms with Gasteiger partial charge in [0.25, 0.3) is 0 Å². The second kappa shape index (κ2) is 4.14. The van der Waals surface area contributed by atoms with E-state index in [-0.39, 0.29) is 6.04 Å². The fourth-order valence-corrected chi connectivity index (χ4v) is 2.52. The highest BCUT2D eigenvalue weighted by Gasteiger charge is 2.16. The van der Waals surface area contributed by atoms with E-state index in [1.54, 1.807) is 28.2 Å². The topological polar surface area (TPSA) is 63.8 Å². The number of nitrogens with zero attached hydrogens (tertiary/aromatic N) is 2. The van der Waals surface area contributed by atoms with Gasteiger partial charge in [-0.15, -0.1) is 22.7 Å². The molecule has 2 aromatic heterocycles. The second-order valence-corrected chi connectivity index (χ2v) is 4.78. The molecule has 6 heteroatoms. The molecule has 3 N–H and O–H groups in total. The maximum absolute atomic E-state index is 5.50. The Balaban J connectivity index is 2.31. The molecule has 0 aliphatic rings. The first-order valence-corrected chi connectivity index (χ1v) is 5.83. The van der Waals surface area contributed by atoms with Gasteiger partial charge in [-0.1, -0.05) is 0 Å². The SMILES string of the molecule is Cc1nc(C(NN)c2cncs2)cs1. The maximum atomic E-state index is 5.50. The Kier molecular flexibility index (Phi) is 2.87. The van der Waals surface area contributed by atoms with E-state index in [2.05, 4.69) is 15.4 Å². The minimum absolute atomic E-state index is 0.0348. The van der Waals surface area contributed by atoms with Crippen LogP contribution in [0.5, 0.6) is 0 Å². The molecule has 1 atom stereocenters. The summed E-state index contributed by atoms with van der Waals surface area (Å²) in [4.78, 5) is 9.50. The summed E-state index contributed by atoms with van der Waals surface area (Å²) in [5.41, 5.74) is 5.50. The number of aromatic nitrogens is 2. The first kappa shape index (κ1) is 9.72. The molecule has 0 amide bonds. The van der Waals surface area contributed by atoms with Crippen molar-refractivity contribution in [3.8, 4) is 0 Å². The summed E-state index contributed by atoms with van der Waals surface area (Å²) in [7, 11) is 0. The Morgan fingerprint density at radius 3 is 2.86 bits per heavy atom. The molecular weight excluding hydrogens is 216 g/mol. The average Bonchev–Trinajstić information content (AvgIpc) is 2.79. The number of aryl methyl sites for hydroxylation is 1. The van der Waals surface area contributed by atoms with E-state index in [0.717, 1.165) is 15.6 Å². The van der Waals surface area contributed by atoms with E-state index in [1.807, 2.05) is 18.5 Å². The van der Waals surface area contributed by atoms with E-state index in [4.69, 9.17) is 5.84 Å². The van der Waals surface area contributed by atoms with Crippen LogP contribution >= 0.6 is 22.7 Å². The zero-order valence-electron chi connectivity index (χ0n) is 7.60. The van der Waals surface area contributed by atoms with E-state index in [1.165, 1.54) is 0 Å². The molecule has 0 fully saturated rings. The number of hydrazine groups is 1. The molecule has 0 spiro atoms. The molecular formula is C8H10N4S2. The lowest BCUT2D eigenvalue weighted by Gasteiger charge is -2.09. The second-order valence-electron chi connectivity index (χ2n) is 2.79. The summed E-state index contributed by atoms with van der Waals surface area (Å²) in [6.45, 7) is 1.98. The van der Waals surface area contributed by atoms with Crippen molar-refractivity contribution in [1.29, 1.82) is 0 Å². The van der Waals surface area contributed by atoms with Crippen molar-refractivity contribution in [1.82, 2.24) is 15.4 Å². The van der Waals surface area contributed by atoms with Gasteiger partial charge in [-0.25, -0.2) is 10.4 Å². The maximum Gasteiger partial charge on any atom is 0.0997 e. The van der Waals surface area contributed by atoms with E-state index >= 15 is 0 Å². The van der Waals surface area contributed by atoms with Gasteiger partial charge in [0.1, 0.15) is 0 Å². The van der Waals surface area contributed by atoms with Crippen LogP contribution in [-0.2, 0) is 0 Å². The lowest BCUT2D eigenvalue weighted by Crippen LogP contribution is -2.28. The Hall–Kier alpha value is -0.820. The van der Waals surface area contributed by atoms with Gasteiger partial charge in [-0.2, -0.15) is 0 Å². The molecule has 0 aromatic carbocycles. The minimum Gasteiger partial charge on any atom is -0.270 e. The van der Waals surface area contributed by atoms with Crippen LogP contribution in [0.2, 0.25) is 0 Å². The number of rotatable bonds is 3. The molecule has 0 radical (unpaired) electrons. The third-order valence-electron chi connectivity index (χ3n) is 1.84. The van der Waals surface area contributed by atoms with Crippen molar-refractivity contribution in [3.63, 3.8) is 0 Å². The number of hydrogen-bond acceptors (Lipinski definition) is 6. The van der Waals surface area contributed by atoms with Crippen LogP contribution in [0.3, 0.4) is 0 Å². The summed E-state index contributed by atoms with van der Waals surface area (Å²) >= 11 is 3.19. The van der Waals surface area contributed by atoms with E-state index in [0.29, 0.717) is 0 Å². The van der Waals surface area contributed by atoms with Crippen molar-refractivity contribution in [3.05, 3.63) is 32.7 Å². The summed E-state index contributed by atoms with van der Waals surface area (Å²) in [5.74, 6) is 5.50. The zero-order valence-corrected chi connectivity index (χ0v) is 9.23. The molecule has 2 aromatic rings. The Morgan fingerprint density at radius 2 is 2.36 bits per heavy atom.